The summed E-state index contributed by atoms with van der Waals surface area (Å²) in [4.78, 5) is 1.37. The molecule has 0 aliphatic carbocycles. The van der Waals surface area contributed by atoms with Crippen molar-refractivity contribution < 1.29 is 2.85 Å². The van der Waals surface area contributed by atoms with Crippen molar-refractivity contribution in [3.05, 3.63) is 27.7 Å². The van der Waals surface area contributed by atoms with Crippen molar-refractivity contribution in [1.29, 1.82) is 0 Å². The minimum atomic E-state index is 0. The third kappa shape index (κ3) is 4.43. The Bertz CT molecular complexity index is 423. The molecule has 0 radical (unpaired) electrons. The SMILES string of the molecule is CSc1c(Br)cc(C(C)(C)C)cc1C(C)(C)C.[H-].[H-].[Mg+2]. The molecule has 18 heavy (non-hydrogen) atoms. The molecule has 1 aromatic rings. The van der Waals surface area contributed by atoms with Gasteiger partial charge in [0.2, 0.25) is 0 Å². The Morgan fingerprint density at radius 2 is 1.50 bits per heavy atom. The van der Waals surface area contributed by atoms with Crippen LogP contribution in [0.4, 0.5) is 0 Å². The van der Waals surface area contributed by atoms with E-state index in [1.165, 1.54) is 20.5 Å². The van der Waals surface area contributed by atoms with E-state index in [2.05, 4.69) is 75.9 Å². The fourth-order valence-corrected chi connectivity index (χ4v) is 3.58. The van der Waals surface area contributed by atoms with Gasteiger partial charge in [-0.2, -0.15) is 0 Å². The molecule has 0 nitrogen and oxygen atoms in total. The van der Waals surface area contributed by atoms with Crippen LogP contribution in [0.25, 0.3) is 0 Å². The van der Waals surface area contributed by atoms with Crippen LogP contribution in [0, 0.1) is 0 Å². The average molecular weight is 342 g/mol. The monoisotopic (exact) mass is 340 g/mol. The number of benzene rings is 1. The van der Waals surface area contributed by atoms with Gasteiger partial charge in [-0.25, -0.2) is 0 Å². The van der Waals surface area contributed by atoms with E-state index < -0.39 is 0 Å². The summed E-state index contributed by atoms with van der Waals surface area (Å²) >= 11 is 5.54. The maximum absolute atomic E-state index is 3.72. The third-order valence-corrected chi connectivity index (χ3v) is 4.66. The first-order valence-corrected chi connectivity index (χ1v) is 7.97. The summed E-state index contributed by atoms with van der Waals surface area (Å²) in [7, 11) is 0. The van der Waals surface area contributed by atoms with E-state index in [0.29, 0.717) is 0 Å². The Morgan fingerprint density at radius 1 is 1.00 bits per heavy atom. The van der Waals surface area contributed by atoms with Crippen molar-refractivity contribution >= 4 is 50.7 Å². The molecule has 1 aromatic carbocycles. The molecule has 0 unspecified atom stereocenters. The number of hydrogen-bond donors (Lipinski definition) is 0. The van der Waals surface area contributed by atoms with Crippen LogP contribution in [-0.2, 0) is 10.8 Å². The molecule has 0 aliphatic rings. The maximum atomic E-state index is 3.72. The Hall–Kier alpha value is 0.816. The Morgan fingerprint density at radius 3 is 1.83 bits per heavy atom. The Balaban J connectivity index is -0.000000963. The van der Waals surface area contributed by atoms with Crippen molar-refractivity contribution in [3.63, 3.8) is 0 Å². The van der Waals surface area contributed by atoms with Crippen LogP contribution in [0.5, 0.6) is 0 Å². The molecule has 0 heterocycles. The van der Waals surface area contributed by atoms with Crippen molar-refractivity contribution in [2.24, 2.45) is 0 Å². The van der Waals surface area contributed by atoms with Gasteiger partial charge >= 0.3 is 23.1 Å². The molecule has 0 bridgehead atoms. The summed E-state index contributed by atoms with van der Waals surface area (Å²) in [6.45, 7) is 13.6. The molecular formula is C15H25BrMgS. The van der Waals surface area contributed by atoms with Gasteiger partial charge in [-0.1, -0.05) is 47.6 Å². The fraction of sp³-hybridized carbons (Fsp3) is 0.600. The molecular weight excluding hydrogens is 316 g/mol. The van der Waals surface area contributed by atoms with Crippen molar-refractivity contribution in [1.82, 2.24) is 0 Å². The van der Waals surface area contributed by atoms with Gasteiger partial charge in [-0.05, 0) is 50.2 Å². The molecule has 3 heteroatoms. The summed E-state index contributed by atoms with van der Waals surface area (Å²) in [5.74, 6) is 0. The normalized spacial score (nSPS) is 12.2. The van der Waals surface area contributed by atoms with Crippen LogP contribution in [0.15, 0.2) is 21.5 Å². The topological polar surface area (TPSA) is 0 Å². The van der Waals surface area contributed by atoms with E-state index in [9.17, 15) is 0 Å². The number of hydrogen-bond acceptors (Lipinski definition) is 1. The molecule has 100 valence electrons. The molecule has 0 aromatic heterocycles. The van der Waals surface area contributed by atoms with E-state index in [1.54, 1.807) is 0 Å². The zero-order valence-electron chi connectivity index (χ0n) is 14.6. The second-order valence-corrected chi connectivity index (χ2v) is 8.21. The third-order valence-electron chi connectivity index (χ3n) is 2.92. The minimum Gasteiger partial charge on any atom is -1.00 e. The van der Waals surface area contributed by atoms with Gasteiger partial charge in [0, 0.05) is 9.37 Å². The van der Waals surface area contributed by atoms with E-state index >= 15 is 0 Å². The van der Waals surface area contributed by atoms with Gasteiger partial charge in [0.15, 0.2) is 0 Å². The molecule has 0 spiro atoms. The second kappa shape index (κ2) is 6.51. The summed E-state index contributed by atoms with van der Waals surface area (Å²) in [6, 6.07) is 4.64. The van der Waals surface area contributed by atoms with E-state index in [1.807, 2.05) is 11.8 Å². The minimum absolute atomic E-state index is 0. The number of thioether (sulfide) groups is 1. The first-order valence-electron chi connectivity index (χ1n) is 5.96. The fourth-order valence-electron chi connectivity index (χ4n) is 1.79. The summed E-state index contributed by atoms with van der Waals surface area (Å²) < 4.78 is 1.22. The molecule has 0 aliphatic heterocycles. The average Bonchev–Trinajstić information content (AvgIpc) is 2.13. The first-order chi connectivity index (χ1) is 7.57. The van der Waals surface area contributed by atoms with Crippen LogP contribution >= 0.6 is 27.7 Å². The predicted octanol–water partition coefficient (Wildman–Crippen LogP) is 5.61. The van der Waals surface area contributed by atoms with Crippen LogP contribution in [0.2, 0.25) is 0 Å². The number of halogens is 1. The van der Waals surface area contributed by atoms with Gasteiger partial charge in [0.25, 0.3) is 0 Å². The van der Waals surface area contributed by atoms with E-state index in [-0.39, 0.29) is 36.7 Å². The van der Waals surface area contributed by atoms with Gasteiger partial charge in [0.1, 0.15) is 0 Å². The summed E-state index contributed by atoms with van der Waals surface area (Å²) in [5.41, 5.74) is 3.21. The van der Waals surface area contributed by atoms with Crippen molar-refractivity contribution in [3.8, 4) is 0 Å². The quantitative estimate of drug-likeness (QED) is 0.472. The van der Waals surface area contributed by atoms with Gasteiger partial charge in [-0.15, -0.1) is 11.8 Å². The predicted molar refractivity (Wildman–Crippen MR) is 91.3 cm³/mol. The van der Waals surface area contributed by atoms with E-state index in [0.717, 1.165) is 0 Å². The largest absolute Gasteiger partial charge is 2.00 e. The molecule has 0 saturated heterocycles. The zero-order chi connectivity index (χ0) is 13.4. The van der Waals surface area contributed by atoms with Crippen LogP contribution in [0.3, 0.4) is 0 Å². The summed E-state index contributed by atoms with van der Waals surface area (Å²) in [5, 5.41) is 0. The molecule has 0 N–H and O–H groups in total. The molecule has 1 rings (SSSR count). The molecule has 0 fully saturated rings. The smallest absolute Gasteiger partial charge is 1.00 e. The van der Waals surface area contributed by atoms with Crippen LogP contribution in [-0.4, -0.2) is 29.3 Å². The van der Waals surface area contributed by atoms with E-state index in [4.69, 9.17) is 0 Å². The molecule has 0 saturated carbocycles. The Labute approximate surface area is 144 Å². The number of rotatable bonds is 1. The van der Waals surface area contributed by atoms with Gasteiger partial charge < -0.3 is 2.85 Å². The van der Waals surface area contributed by atoms with Crippen LogP contribution < -0.4 is 0 Å². The zero-order valence-corrected chi connectivity index (χ0v) is 16.5. The Kier molecular flexibility index (Phi) is 6.81. The molecule has 0 atom stereocenters. The van der Waals surface area contributed by atoms with Crippen molar-refractivity contribution in [2.45, 2.75) is 57.3 Å². The van der Waals surface area contributed by atoms with Crippen LogP contribution in [0.1, 0.15) is 55.5 Å². The van der Waals surface area contributed by atoms with Gasteiger partial charge in [-0.3, -0.25) is 0 Å². The van der Waals surface area contributed by atoms with Crippen molar-refractivity contribution in [2.75, 3.05) is 6.26 Å². The standard InChI is InChI=1S/C15H23BrS.Mg.2H/c1-14(2,3)10-8-11(15(4,5)6)13(17-7)12(16)9-10;;;/h8-9H,1-7H3;;;/q;+2;2*-1. The second-order valence-electron chi connectivity index (χ2n) is 6.54. The first kappa shape index (κ1) is 18.8. The van der Waals surface area contributed by atoms with Gasteiger partial charge in [0.05, 0.1) is 0 Å². The maximum Gasteiger partial charge on any atom is 2.00 e. The molecule has 0 amide bonds. The summed E-state index contributed by atoms with van der Waals surface area (Å²) in [6.07, 6.45) is 2.14.